The van der Waals surface area contributed by atoms with E-state index in [1.807, 2.05) is 31.2 Å². The summed E-state index contributed by atoms with van der Waals surface area (Å²) in [4.78, 5) is 18.8. The van der Waals surface area contributed by atoms with Crippen molar-refractivity contribution in [2.75, 3.05) is 17.5 Å². The summed E-state index contributed by atoms with van der Waals surface area (Å²) >= 11 is 0.957. The largest absolute Gasteiger partial charge is 0.390 e. The summed E-state index contributed by atoms with van der Waals surface area (Å²) in [6.45, 7) is 1.96. The smallest absolute Gasteiger partial charge is 0.273 e. The molecule has 8 nitrogen and oxygen atoms in total. The van der Waals surface area contributed by atoms with E-state index in [0.717, 1.165) is 53.3 Å². The van der Waals surface area contributed by atoms with Crippen molar-refractivity contribution in [3.8, 4) is 0 Å². The maximum absolute atomic E-state index is 13.5. The Morgan fingerprint density at radius 1 is 1.17 bits per heavy atom. The van der Waals surface area contributed by atoms with Crippen LogP contribution in [0.3, 0.4) is 0 Å². The van der Waals surface area contributed by atoms with Crippen LogP contribution in [0.25, 0.3) is 0 Å². The van der Waals surface area contributed by atoms with E-state index in [1.54, 1.807) is 0 Å². The van der Waals surface area contributed by atoms with E-state index in [-0.39, 0.29) is 35.9 Å². The van der Waals surface area contributed by atoms with Gasteiger partial charge in [0, 0.05) is 30.6 Å². The maximum Gasteiger partial charge on any atom is 0.273 e. The van der Waals surface area contributed by atoms with Crippen molar-refractivity contribution in [1.29, 1.82) is 0 Å². The van der Waals surface area contributed by atoms with Gasteiger partial charge in [-0.15, -0.1) is 11.3 Å². The molecule has 0 radical (unpaired) electrons. The van der Waals surface area contributed by atoms with Gasteiger partial charge < -0.3 is 15.7 Å². The number of thiazole rings is 1. The number of halogens is 2. The first-order chi connectivity index (χ1) is 16.9. The predicted molar refractivity (Wildman–Crippen MR) is 135 cm³/mol. The number of sulfonamides is 1. The highest BCUT2D eigenvalue weighted by Crippen LogP contribution is 2.20. The summed E-state index contributed by atoms with van der Waals surface area (Å²) in [7, 11) is -3.57. The average molecular weight is 539 g/mol. The van der Waals surface area contributed by atoms with Crippen molar-refractivity contribution < 1.29 is 27.1 Å². The fourth-order valence-electron chi connectivity index (χ4n) is 3.63. The average Bonchev–Trinajstić information content (AvgIpc) is 3.24. The molecule has 0 aliphatic heterocycles. The van der Waals surface area contributed by atoms with Crippen LogP contribution in [0, 0.1) is 11.6 Å². The Morgan fingerprint density at radius 2 is 1.83 bits per heavy atom. The van der Waals surface area contributed by atoms with Crippen LogP contribution in [0.1, 0.15) is 34.1 Å². The minimum absolute atomic E-state index is 0.00534. The summed E-state index contributed by atoms with van der Waals surface area (Å²) in [5, 5.41) is 12.3. The van der Waals surface area contributed by atoms with Gasteiger partial charge in [-0.05, 0) is 41.7 Å². The van der Waals surface area contributed by atoms with E-state index >= 15 is 0 Å². The van der Waals surface area contributed by atoms with E-state index in [9.17, 15) is 27.1 Å². The molecule has 1 heterocycles. The molecular weight excluding hydrogens is 510 g/mol. The summed E-state index contributed by atoms with van der Waals surface area (Å²) in [5.41, 5.74) is 8.30. The second-order valence-corrected chi connectivity index (χ2v) is 11.1. The number of carbonyl (C=O) groups is 1. The maximum atomic E-state index is 13.5. The minimum Gasteiger partial charge on any atom is -0.390 e. The molecule has 194 valence electrons. The lowest BCUT2D eigenvalue weighted by Gasteiger charge is -2.28. The van der Waals surface area contributed by atoms with Crippen molar-refractivity contribution in [2.45, 2.75) is 38.5 Å². The number of nitrogens with zero attached hydrogens (tertiary/aromatic N) is 2. The number of nitrogens with one attached hydrogen (secondary N) is 1. The molecule has 0 bridgehead atoms. The fraction of sp³-hybridized carbons (Fsp3) is 0.333. The lowest BCUT2D eigenvalue weighted by molar-refractivity contribution is 0.0550. The monoisotopic (exact) mass is 538 g/mol. The third kappa shape index (κ3) is 8.05. The zero-order valence-corrected chi connectivity index (χ0v) is 21.5. The Hall–Kier alpha value is -2.93. The standard InChI is InChI=1S/C24H28F2N4O4S2/c1-3-15-5-4-6-16(7-15)12-30(23(32)21-14-35-24(28-21)29-36(2,33)34)13-22(31)20(27)10-17-8-18(25)11-19(26)9-17/h4-9,11,14,20,22,31H,3,10,12-13,27H2,1-2H3,(H,28,29)/t20-,22+/m0/s1. The number of anilines is 1. The number of benzene rings is 2. The van der Waals surface area contributed by atoms with Gasteiger partial charge in [-0.2, -0.15) is 0 Å². The molecule has 1 amide bonds. The van der Waals surface area contributed by atoms with Gasteiger partial charge in [0.25, 0.3) is 5.91 Å². The number of amides is 1. The highest BCUT2D eigenvalue weighted by atomic mass is 32.2. The lowest BCUT2D eigenvalue weighted by atomic mass is 10.0. The highest BCUT2D eigenvalue weighted by molar-refractivity contribution is 7.92. The molecule has 0 saturated carbocycles. The van der Waals surface area contributed by atoms with Crippen LogP contribution < -0.4 is 10.5 Å². The van der Waals surface area contributed by atoms with Crippen LogP contribution >= 0.6 is 11.3 Å². The van der Waals surface area contributed by atoms with Crippen LogP contribution in [0.2, 0.25) is 0 Å². The molecule has 4 N–H and O–H groups in total. The molecule has 0 aliphatic rings. The fourth-order valence-corrected chi connectivity index (χ4v) is 5.16. The van der Waals surface area contributed by atoms with Gasteiger partial charge in [0.1, 0.15) is 17.3 Å². The zero-order valence-electron chi connectivity index (χ0n) is 19.8. The van der Waals surface area contributed by atoms with Crippen molar-refractivity contribution in [3.05, 3.63) is 81.9 Å². The number of rotatable bonds is 11. The van der Waals surface area contributed by atoms with Crippen LogP contribution in [0.5, 0.6) is 0 Å². The zero-order chi connectivity index (χ0) is 26.5. The van der Waals surface area contributed by atoms with Gasteiger partial charge in [0.05, 0.1) is 12.4 Å². The molecule has 0 spiro atoms. The number of aryl methyl sites for hydroxylation is 1. The van der Waals surface area contributed by atoms with Gasteiger partial charge in [-0.25, -0.2) is 22.2 Å². The first kappa shape index (κ1) is 27.7. The second kappa shape index (κ2) is 11.9. The van der Waals surface area contributed by atoms with E-state index in [2.05, 4.69) is 9.71 Å². The van der Waals surface area contributed by atoms with E-state index in [4.69, 9.17) is 5.73 Å². The van der Waals surface area contributed by atoms with E-state index in [1.165, 1.54) is 10.3 Å². The van der Waals surface area contributed by atoms with Gasteiger partial charge in [0.15, 0.2) is 5.13 Å². The Labute approximate surface area is 212 Å². The molecule has 2 aromatic carbocycles. The van der Waals surface area contributed by atoms with Crippen LogP contribution in [0.4, 0.5) is 13.9 Å². The predicted octanol–water partition coefficient (Wildman–Crippen LogP) is 2.93. The minimum atomic E-state index is -3.57. The lowest BCUT2D eigenvalue weighted by Crippen LogP contribution is -2.46. The van der Waals surface area contributed by atoms with Crippen LogP contribution in [0.15, 0.2) is 47.8 Å². The number of nitrogens with two attached hydrogens (primary N) is 1. The van der Waals surface area contributed by atoms with Crippen LogP contribution in [-0.4, -0.2) is 54.3 Å². The molecule has 0 aliphatic carbocycles. The number of carbonyl (C=O) groups excluding carboxylic acids is 1. The molecular formula is C24H28F2N4O4S2. The molecule has 0 fully saturated rings. The molecule has 12 heteroatoms. The normalized spacial score (nSPS) is 13.3. The molecule has 0 saturated heterocycles. The number of aliphatic hydroxyl groups excluding tert-OH is 1. The van der Waals surface area contributed by atoms with Crippen molar-refractivity contribution >= 4 is 32.4 Å². The third-order valence-electron chi connectivity index (χ3n) is 5.35. The van der Waals surface area contributed by atoms with Crippen LogP contribution in [-0.2, 0) is 29.4 Å². The Balaban J connectivity index is 1.81. The van der Waals surface area contributed by atoms with E-state index < -0.39 is 39.7 Å². The Morgan fingerprint density at radius 3 is 2.47 bits per heavy atom. The van der Waals surface area contributed by atoms with Crippen molar-refractivity contribution in [1.82, 2.24) is 9.88 Å². The molecule has 1 aromatic heterocycles. The summed E-state index contributed by atoms with van der Waals surface area (Å²) in [6.07, 6.45) is 0.543. The van der Waals surface area contributed by atoms with Gasteiger partial charge in [0.2, 0.25) is 10.0 Å². The molecule has 3 aromatic rings. The molecule has 36 heavy (non-hydrogen) atoms. The highest BCUT2D eigenvalue weighted by Gasteiger charge is 2.26. The summed E-state index contributed by atoms with van der Waals surface area (Å²) < 4.78 is 52.3. The number of hydrogen-bond acceptors (Lipinski definition) is 7. The van der Waals surface area contributed by atoms with Gasteiger partial charge >= 0.3 is 0 Å². The number of hydrogen-bond donors (Lipinski definition) is 3. The SMILES string of the molecule is CCc1cccc(CN(C[C@@H](O)[C@@H](N)Cc2cc(F)cc(F)c2)C(=O)c2csc(NS(C)(=O)=O)n2)c1. The molecule has 0 unspecified atom stereocenters. The second-order valence-electron chi connectivity index (χ2n) is 8.48. The van der Waals surface area contributed by atoms with Gasteiger partial charge in [-0.1, -0.05) is 31.2 Å². The number of aliphatic hydroxyl groups is 1. The molecule has 3 rings (SSSR count). The van der Waals surface area contributed by atoms with E-state index in [0.29, 0.717) is 0 Å². The van der Waals surface area contributed by atoms with Gasteiger partial charge in [-0.3, -0.25) is 9.52 Å². The third-order valence-corrected chi connectivity index (χ3v) is 6.80. The van der Waals surface area contributed by atoms with Crippen molar-refractivity contribution in [3.63, 3.8) is 0 Å². The Kier molecular flexibility index (Phi) is 9.12. The summed E-state index contributed by atoms with van der Waals surface area (Å²) in [5.74, 6) is -2.03. The molecule has 2 atom stereocenters. The Bertz CT molecular complexity index is 1300. The first-order valence-electron chi connectivity index (χ1n) is 11.1. The first-order valence-corrected chi connectivity index (χ1v) is 13.9. The topological polar surface area (TPSA) is 126 Å². The summed E-state index contributed by atoms with van der Waals surface area (Å²) in [6, 6.07) is 9.73. The quantitative estimate of drug-likeness (QED) is 0.345. The van der Waals surface area contributed by atoms with Crippen molar-refractivity contribution in [2.24, 2.45) is 5.73 Å². The number of aromatic nitrogens is 1.